The Hall–Kier alpha value is -2.69. The van der Waals surface area contributed by atoms with Crippen LogP contribution in [0.5, 0.6) is 0 Å². The fourth-order valence-electron chi connectivity index (χ4n) is 3.30. The lowest BCUT2D eigenvalue weighted by Crippen LogP contribution is -2.48. The molecule has 2 aromatic rings. The fraction of sp³-hybridized carbons (Fsp3) is 0.350. The average molecular weight is 338 g/mol. The first-order valence-corrected chi connectivity index (χ1v) is 8.80. The van der Waals surface area contributed by atoms with E-state index < -0.39 is 0 Å². The Kier molecular flexibility index (Phi) is 5.12. The van der Waals surface area contributed by atoms with Gasteiger partial charge in [-0.2, -0.15) is 4.57 Å². The van der Waals surface area contributed by atoms with E-state index in [0.29, 0.717) is 11.6 Å². The molecule has 1 aliphatic heterocycles. The van der Waals surface area contributed by atoms with Crippen molar-refractivity contribution in [1.82, 2.24) is 0 Å². The molecule has 0 saturated carbocycles. The standard InChI is InChI=1S/C20H23N3O2/c1-3-15(4-2)16-9-11-22(12-10-16)14-20(25)23-13-19(24)21-17-7-5-6-8-18(17)23/h5-12,15H,3-4,13-14H2,1-2H3/p+1. The van der Waals surface area contributed by atoms with Crippen molar-refractivity contribution >= 4 is 23.2 Å². The summed E-state index contributed by atoms with van der Waals surface area (Å²) in [5.41, 5.74) is 2.74. The van der Waals surface area contributed by atoms with Gasteiger partial charge in [-0.15, -0.1) is 0 Å². The Morgan fingerprint density at radius 2 is 1.84 bits per heavy atom. The first kappa shape index (κ1) is 17.1. The summed E-state index contributed by atoms with van der Waals surface area (Å²) in [6, 6.07) is 11.5. The number of hydrogen-bond acceptors (Lipinski definition) is 2. The molecule has 130 valence electrons. The van der Waals surface area contributed by atoms with Gasteiger partial charge in [-0.05, 0) is 36.5 Å². The molecule has 1 aromatic carbocycles. The maximum absolute atomic E-state index is 12.7. The SMILES string of the molecule is CCC(CC)c1cc[n+](CC(=O)N2CC(=O)Nc3ccccc32)cc1. The van der Waals surface area contributed by atoms with Crippen LogP contribution in [-0.4, -0.2) is 18.4 Å². The van der Waals surface area contributed by atoms with Crippen LogP contribution in [0.15, 0.2) is 48.8 Å². The largest absolute Gasteiger partial charge is 0.323 e. The van der Waals surface area contributed by atoms with E-state index in [1.807, 2.05) is 41.2 Å². The molecule has 0 fully saturated rings. The summed E-state index contributed by atoms with van der Waals surface area (Å²) in [4.78, 5) is 26.2. The highest BCUT2D eigenvalue weighted by molar-refractivity contribution is 6.09. The number of pyridine rings is 1. The summed E-state index contributed by atoms with van der Waals surface area (Å²) >= 11 is 0. The first-order chi connectivity index (χ1) is 12.1. The van der Waals surface area contributed by atoms with Crippen molar-refractivity contribution < 1.29 is 14.2 Å². The molecule has 1 aromatic heterocycles. The Bertz CT molecular complexity index is 767. The summed E-state index contributed by atoms with van der Waals surface area (Å²) in [5, 5.41) is 2.80. The highest BCUT2D eigenvalue weighted by Crippen LogP contribution is 2.28. The van der Waals surface area contributed by atoms with Gasteiger partial charge in [-0.3, -0.25) is 14.5 Å². The molecular weight excluding hydrogens is 314 g/mol. The molecule has 0 spiro atoms. The van der Waals surface area contributed by atoms with Crippen molar-refractivity contribution in [2.45, 2.75) is 39.2 Å². The topological polar surface area (TPSA) is 53.3 Å². The van der Waals surface area contributed by atoms with Crippen LogP contribution in [-0.2, 0) is 16.1 Å². The Labute approximate surface area is 148 Å². The Balaban J connectivity index is 1.75. The van der Waals surface area contributed by atoms with Crippen molar-refractivity contribution in [3.8, 4) is 0 Å². The van der Waals surface area contributed by atoms with E-state index in [-0.39, 0.29) is 24.9 Å². The van der Waals surface area contributed by atoms with Gasteiger partial charge in [0.15, 0.2) is 12.4 Å². The van der Waals surface area contributed by atoms with Gasteiger partial charge in [0.25, 0.3) is 5.91 Å². The van der Waals surface area contributed by atoms with Gasteiger partial charge in [0.2, 0.25) is 12.5 Å². The van der Waals surface area contributed by atoms with Gasteiger partial charge >= 0.3 is 0 Å². The third-order valence-corrected chi connectivity index (χ3v) is 4.76. The van der Waals surface area contributed by atoms with Crippen molar-refractivity contribution in [2.75, 3.05) is 16.8 Å². The lowest BCUT2D eigenvalue weighted by atomic mass is 9.95. The number of fused-ring (bicyclic) bond motifs is 1. The van der Waals surface area contributed by atoms with Crippen LogP contribution in [0, 0.1) is 0 Å². The van der Waals surface area contributed by atoms with Crippen LogP contribution in [0.3, 0.4) is 0 Å². The third-order valence-electron chi connectivity index (χ3n) is 4.76. The number of hydrogen-bond donors (Lipinski definition) is 1. The summed E-state index contributed by atoms with van der Waals surface area (Å²) in [6.07, 6.45) is 6.11. The third kappa shape index (κ3) is 3.71. The van der Waals surface area contributed by atoms with E-state index in [4.69, 9.17) is 0 Å². The summed E-state index contributed by atoms with van der Waals surface area (Å²) in [5.74, 6) is 0.298. The fourth-order valence-corrected chi connectivity index (χ4v) is 3.30. The quantitative estimate of drug-likeness (QED) is 0.852. The molecular formula is C20H24N3O2+. The highest BCUT2D eigenvalue weighted by Gasteiger charge is 2.28. The molecule has 0 aliphatic carbocycles. The second-order valence-corrected chi connectivity index (χ2v) is 6.36. The molecule has 5 heteroatoms. The number of aromatic nitrogens is 1. The second-order valence-electron chi connectivity index (χ2n) is 6.36. The molecule has 0 bridgehead atoms. The number of carbonyl (C=O) groups excluding carboxylic acids is 2. The number of carbonyl (C=O) groups is 2. The van der Waals surface area contributed by atoms with Crippen LogP contribution in [0.25, 0.3) is 0 Å². The van der Waals surface area contributed by atoms with E-state index in [1.165, 1.54) is 5.56 Å². The van der Waals surface area contributed by atoms with Crippen LogP contribution < -0.4 is 14.8 Å². The smallest absolute Gasteiger partial charge is 0.293 e. The molecule has 1 N–H and O–H groups in total. The number of benzene rings is 1. The molecule has 0 atom stereocenters. The van der Waals surface area contributed by atoms with Crippen molar-refractivity contribution in [3.05, 3.63) is 54.4 Å². The molecule has 0 unspecified atom stereocenters. The maximum atomic E-state index is 12.7. The van der Waals surface area contributed by atoms with Gasteiger partial charge in [-0.25, -0.2) is 0 Å². The first-order valence-electron chi connectivity index (χ1n) is 8.80. The van der Waals surface area contributed by atoms with Crippen LogP contribution in [0.1, 0.15) is 38.2 Å². The van der Waals surface area contributed by atoms with Gasteiger partial charge in [0.1, 0.15) is 6.54 Å². The number of rotatable bonds is 5. The number of anilines is 2. The minimum atomic E-state index is -0.166. The monoisotopic (exact) mass is 338 g/mol. The number of para-hydroxylation sites is 2. The second kappa shape index (κ2) is 7.47. The lowest BCUT2D eigenvalue weighted by molar-refractivity contribution is -0.684. The lowest BCUT2D eigenvalue weighted by Gasteiger charge is -2.28. The van der Waals surface area contributed by atoms with Gasteiger partial charge in [-0.1, -0.05) is 26.0 Å². The molecule has 0 radical (unpaired) electrons. The van der Waals surface area contributed by atoms with Crippen molar-refractivity contribution in [3.63, 3.8) is 0 Å². The normalized spacial score (nSPS) is 13.6. The molecule has 3 rings (SSSR count). The van der Waals surface area contributed by atoms with Crippen molar-refractivity contribution in [2.24, 2.45) is 0 Å². The van der Waals surface area contributed by atoms with Gasteiger partial charge in [0.05, 0.1) is 11.4 Å². The highest BCUT2D eigenvalue weighted by atomic mass is 16.2. The number of amides is 2. The minimum Gasteiger partial charge on any atom is -0.323 e. The molecule has 5 nitrogen and oxygen atoms in total. The predicted molar refractivity (Wildman–Crippen MR) is 97.4 cm³/mol. The zero-order valence-corrected chi connectivity index (χ0v) is 14.7. The Morgan fingerprint density at radius 3 is 2.52 bits per heavy atom. The molecule has 0 saturated heterocycles. The summed E-state index contributed by atoms with van der Waals surface area (Å²) in [6.45, 7) is 4.65. The molecule has 2 heterocycles. The van der Waals surface area contributed by atoms with Crippen LogP contribution >= 0.6 is 0 Å². The van der Waals surface area contributed by atoms with E-state index in [1.54, 1.807) is 4.90 Å². The Morgan fingerprint density at radius 1 is 1.16 bits per heavy atom. The van der Waals surface area contributed by atoms with E-state index >= 15 is 0 Å². The van der Waals surface area contributed by atoms with Gasteiger partial charge in [0, 0.05) is 12.1 Å². The number of nitrogens with zero attached hydrogens (tertiary/aromatic N) is 2. The predicted octanol–water partition coefficient (Wildman–Crippen LogP) is 2.86. The zero-order valence-electron chi connectivity index (χ0n) is 14.7. The maximum Gasteiger partial charge on any atom is 0.293 e. The molecule has 2 amide bonds. The average Bonchev–Trinajstić information content (AvgIpc) is 2.63. The minimum absolute atomic E-state index is 0.0578. The van der Waals surface area contributed by atoms with E-state index in [9.17, 15) is 9.59 Å². The van der Waals surface area contributed by atoms with Crippen molar-refractivity contribution in [1.29, 1.82) is 0 Å². The summed E-state index contributed by atoms with van der Waals surface area (Å²) < 4.78 is 1.86. The zero-order chi connectivity index (χ0) is 17.8. The van der Waals surface area contributed by atoms with E-state index in [0.717, 1.165) is 18.5 Å². The number of nitrogens with one attached hydrogen (secondary N) is 1. The van der Waals surface area contributed by atoms with Crippen LogP contribution in [0.2, 0.25) is 0 Å². The van der Waals surface area contributed by atoms with E-state index in [2.05, 4.69) is 31.3 Å². The van der Waals surface area contributed by atoms with Gasteiger partial charge < -0.3 is 5.32 Å². The molecule has 25 heavy (non-hydrogen) atoms. The molecule has 1 aliphatic rings. The summed E-state index contributed by atoms with van der Waals surface area (Å²) in [7, 11) is 0. The van der Waals surface area contributed by atoms with Crippen LogP contribution in [0.4, 0.5) is 11.4 Å².